The second kappa shape index (κ2) is 8.38. The van der Waals surface area contributed by atoms with E-state index in [0.29, 0.717) is 6.42 Å². The maximum Gasteiger partial charge on any atom is 1.00 e. The molecule has 0 fully saturated rings. The van der Waals surface area contributed by atoms with Gasteiger partial charge in [-0.2, -0.15) is 0 Å². The molecule has 68 valence electrons. The van der Waals surface area contributed by atoms with Crippen molar-refractivity contribution in [3.8, 4) is 0 Å². The molecular weight excluding hydrogens is 203 g/mol. The van der Waals surface area contributed by atoms with Crippen LogP contribution in [0.5, 0.6) is 0 Å². The van der Waals surface area contributed by atoms with Crippen molar-refractivity contribution in [2.24, 2.45) is 0 Å². The Hall–Kier alpha value is 0.0664. The van der Waals surface area contributed by atoms with Crippen molar-refractivity contribution in [3.05, 3.63) is 42.0 Å². The number of carbonyl (C=O) groups is 1. The van der Waals surface area contributed by atoms with Crippen LogP contribution in [0.4, 0.5) is 0 Å². The zero-order valence-electron chi connectivity index (χ0n) is 8.27. The molecule has 0 aromatic heterocycles. The average molecular weight is 214 g/mol. The van der Waals surface area contributed by atoms with Crippen LogP contribution >= 0.6 is 0 Å². The van der Waals surface area contributed by atoms with Gasteiger partial charge in [-0.1, -0.05) is 42.5 Å². The number of benzene rings is 1. The molecule has 0 aliphatic heterocycles. The van der Waals surface area contributed by atoms with E-state index < -0.39 is 5.97 Å². The first-order valence-electron chi connectivity index (χ1n) is 4.20. The third-order valence-electron chi connectivity index (χ3n) is 1.63. The Labute approximate surface area is 126 Å². The van der Waals surface area contributed by atoms with Gasteiger partial charge in [0, 0.05) is 5.97 Å². The summed E-state index contributed by atoms with van der Waals surface area (Å²) in [6.07, 6.45) is 4.36. The van der Waals surface area contributed by atoms with Crippen LogP contribution in [0, 0.1) is 0 Å². The molecule has 0 saturated carbocycles. The van der Waals surface area contributed by atoms with Gasteiger partial charge in [0.1, 0.15) is 0 Å². The van der Waals surface area contributed by atoms with Gasteiger partial charge in [0.15, 0.2) is 0 Å². The molecule has 14 heavy (non-hydrogen) atoms. The maximum atomic E-state index is 10.1. The molecule has 0 amide bonds. The average Bonchev–Trinajstić information content (AvgIpc) is 2.14. The van der Waals surface area contributed by atoms with Crippen LogP contribution in [0.15, 0.2) is 36.4 Å². The Morgan fingerprint density at radius 1 is 1.29 bits per heavy atom. The van der Waals surface area contributed by atoms with Crippen LogP contribution in [0.3, 0.4) is 0 Å². The quantitative estimate of drug-likeness (QED) is 0.557. The summed E-state index contributed by atoms with van der Waals surface area (Å²) in [5.41, 5.74) is 1.08. The van der Waals surface area contributed by atoms with Crippen molar-refractivity contribution in [2.75, 3.05) is 0 Å². The van der Waals surface area contributed by atoms with Crippen LogP contribution in [0.2, 0.25) is 0 Å². The fraction of sp³-hybridized carbons (Fsp3) is 0.182. The summed E-state index contributed by atoms with van der Waals surface area (Å²) in [7, 11) is 0. The van der Waals surface area contributed by atoms with Crippen molar-refractivity contribution in [2.45, 2.75) is 12.8 Å². The molecule has 1 aromatic rings. The van der Waals surface area contributed by atoms with Gasteiger partial charge in [0.25, 0.3) is 0 Å². The molecule has 0 atom stereocenters. The predicted molar refractivity (Wildman–Crippen MR) is 49.7 cm³/mol. The van der Waals surface area contributed by atoms with E-state index in [-0.39, 0.29) is 57.8 Å². The van der Waals surface area contributed by atoms with Gasteiger partial charge in [-0.05, 0) is 18.4 Å². The zero-order chi connectivity index (χ0) is 9.52. The maximum absolute atomic E-state index is 10.1. The first-order chi connectivity index (χ1) is 6.29. The summed E-state index contributed by atoms with van der Waals surface area (Å²) in [6.45, 7) is 0. The number of aliphatic carboxylic acids is 1. The summed E-state index contributed by atoms with van der Waals surface area (Å²) in [5, 5.41) is 10.1. The topological polar surface area (TPSA) is 40.1 Å². The SMILES string of the molecule is O=C([O-])CC/C=C/c1ccccc1.[K+]. The van der Waals surface area contributed by atoms with Crippen LogP contribution in [-0.2, 0) is 4.79 Å². The van der Waals surface area contributed by atoms with E-state index >= 15 is 0 Å². The third kappa shape index (κ3) is 6.51. The molecular formula is C11H11KO2. The summed E-state index contributed by atoms with van der Waals surface area (Å²) in [4.78, 5) is 10.1. The Bertz CT molecular complexity index is 293. The molecule has 0 N–H and O–H groups in total. The van der Waals surface area contributed by atoms with Crippen molar-refractivity contribution < 1.29 is 61.3 Å². The first-order valence-corrected chi connectivity index (χ1v) is 4.20. The Balaban J connectivity index is 0.00000169. The van der Waals surface area contributed by atoms with Crippen LogP contribution in [0.25, 0.3) is 6.08 Å². The van der Waals surface area contributed by atoms with Crippen LogP contribution in [0.1, 0.15) is 18.4 Å². The van der Waals surface area contributed by atoms with Gasteiger partial charge < -0.3 is 9.90 Å². The van der Waals surface area contributed by atoms with Gasteiger partial charge in [0.05, 0.1) is 0 Å². The van der Waals surface area contributed by atoms with Gasteiger partial charge in [-0.3, -0.25) is 0 Å². The van der Waals surface area contributed by atoms with Gasteiger partial charge in [-0.25, -0.2) is 0 Å². The van der Waals surface area contributed by atoms with Gasteiger partial charge in [-0.15, -0.1) is 0 Å². The fourth-order valence-corrected chi connectivity index (χ4v) is 0.985. The molecule has 1 rings (SSSR count). The standard InChI is InChI=1S/C11H12O2.K/c12-11(13)9-5-4-8-10-6-2-1-3-7-10;/h1-4,6-8H,5,9H2,(H,12,13);/q;+1/p-1/b8-4+;. The van der Waals surface area contributed by atoms with Crippen LogP contribution < -0.4 is 56.5 Å². The fourth-order valence-electron chi connectivity index (χ4n) is 0.985. The Morgan fingerprint density at radius 2 is 1.93 bits per heavy atom. The molecule has 0 bridgehead atoms. The molecule has 0 aliphatic rings. The van der Waals surface area contributed by atoms with E-state index in [9.17, 15) is 9.90 Å². The minimum atomic E-state index is -1.00. The van der Waals surface area contributed by atoms with E-state index in [4.69, 9.17) is 0 Å². The second-order valence-electron chi connectivity index (χ2n) is 2.72. The Kier molecular flexibility index (Phi) is 8.42. The number of carboxylic acids is 1. The third-order valence-corrected chi connectivity index (χ3v) is 1.63. The number of carbonyl (C=O) groups excluding carboxylic acids is 1. The van der Waals surface area contributed by atoms with E-state index in [2.05, 4.69) is 0 Å². The van der Waals surface area contributed by atoms with Crippen molar-refractivity contribution in [3.63, 3.8) is 0 Å². The summed E-state index contributed by atoms with van der Waals surface area (Å²) >= 11 is 0. The minimum absolute atomic E-state index is 0. The molecule has 0 unspecified atom stereocenters. The van der Waals surface area contributed by atoms with Crippen molar-refractivity contribution >= 4 is 12.0 Å². The molecule has 2 nitrogen and oxygen atoms in total. The zero-order valence-corrected chi connectivity index (χ0v) is 11.4. The largest absolute Gasteiger partial charge is 1.00 e. The summed E-state index contributed by atoms with van der Waals surface area (Å²) in [6, 6.07) is 9.76. The van der Waals surface area contributed by atoms with E-state index in [1.54, 1.807) is 0 Å². The number of hydrogen-bond donors (Lipinski definition) is 0. The number of allylic oxidation sites excluding steroid dienone is 1. The molecule has 0 radical (unpaired) electrons. The van der Waals surface area contributed by atoms with Gasteiger partial charge in [0.2, 0.25) is 0 Å². The monoisotopic (exact) mass is 214 g/mol. The van der Waals surface area contributed by atoms with E-state index in [0.717, 1.165) is 5.56 Å². The first kappa shape index (κ1) is 14.1. The smallest absolute Gasteiger partial charge is 0.550 e. The van der Waals surface area contributed by atoms with Crippen molar-refractivity contribution in [1.82, 2.24) is 0 Å². The summed E-state index contributed by atoms with van der Waals surface area (Å²) in [5.74, 6) is -1.00. The predicted octanol–water partition coefficient (Wildman–Crippen LogP) is -1.77. The molecule has 3 heteroatoms. The minimum Gasteiger partial charge on any atom is -0.550 e. The molecule has 0 aliphatic carbocycles. The number of rotatable bonds is 4. The molecule has 0 saturated heterocycles. The molecule has 1 aromatic carbocycles. The van der Waals surface area contributed by atoms with Crippen LogP contribution in [-0.4, -0.2) is 5.97 Å². The normalized spacial score (nSPS) is 9.71. The molecule has 0 spiro atoms. The number of hydrogen-bond acceptors (Lipinski definition) is 2. The van der Waals surface area contributed by atoms with Crippen molar-refractivity contribution in [1.29, 1.82) is 0 Å². The number of carboxylic acid groups (broad SMARTS) is 1. The van der Waals surface area contributed by atoms with E-state index in [1.165, 1.54) is 0 Å². The van der Waals surface area contributed by atoms with Gasteiger partial charge >= 0.3 is 51.4 Å². The molecule has 0 heterocycles. The second-order valence-corrected chi connectivity index (χ2v) is 2.72. The Morgan fingerprint density at radius 3 is 2.50 bits per heavy atom. The summed E-state index contributed by atoms with van der Waals surface area (Å²) < 4.78 is 0. The van der Waals surface area contributed by atoms with E-state index in [1.807, 2.05) is 42.5 Å².